The first-order valence-corrected chi connectivity index (χ1v) is 10.9. The molecule has 0 radical (unpaired) electrons. The van der Waals surface area contributed by atoms with Crippen molar-refractivity contribution in [1.82, 2.24) is 9.97 Å². The first-order chi connectivity index (χ1) is 13.5. The average molecular weight is 448 g/mol. The molecular weight excluding hydrogens is 433 g/mol. The predicted molar refractivity (Wildman–Crippen MR) is 118 cm³/mol. The van der Waals surface area contributed by atoms with Gasteiger partial charge in [-0.15, -0.1) is 11.3 Å². The standard InChI is InChI=1S/C20H15Cl2N3OS2/c1-12-15(21)5-6-16-19(12)24-20(28-16)25(11-13-3-2-8-23-10-13)18(26)9-14-4-7-17(22)27-14/h2-8,10H,9,11H2,1H3. The molecule has 0 aliphatic rings. The molecule has 1 amide bonds. The van der Waals surface area contributed by atoms with Crippen LogP contribution in [0, 0.1) is 6.92 Å². The lowest BCUT2D eigenvalue weighted by atomic mass is 10.2. The molecule has 142 valence electrons. The minimum atomic E-state index is -0.0369. The van der Waals surface area contributed by atoms with Gasteiger partial charge in [0.25, 0.3) is 0 Å². The summed E-state index contributed by atoms with van der Waals surface area (Å²) in [5, 5.41) is 1.32. The molecule has 0 aliphatic heterocycles. The van der Waals surface area contributed by atoms with Gasteiger partial charge in [0.1, 0.15) is 0 Å². The van der Waals surface area contributed by atoms with Gasteiger partial charge in [0, 0.05) is 22.3 Å². The maximum absolute atomic E-state index is 13.2. The van der Waals surface area contributed by atoms with Gasteiger partial charge in [-0.1, -0.05) is 40.6 Å². The van der Waals surface area contributed by atoms with Crippen LogP contribution in [-0.4, -0.2) is 15.9 Å². The lowest BCUT2D eigenvalue weighted by Crippen LogP contribution is -2.31. The molecule has 0 unspecified atom stereocenters. The molecule has 3 heterocycles. The molecule has 0 bridgehead atoms. The Bertz CT molecular complexity index is 1140. The lowest BCUT2D eigenvalue weighted by molar-refractivity contribution is -0.118. The Morgan fingerprint density at radius 1 is 1.14 bits per heavy atom. The summed E-state index contributed by atoms with van der Waals surface area (Å²) in [5.41, 5.74) is 2.69. The number of benzene rings is 1. The third-order valence-corrected chi connectivity index (χ3v) is 6.97. The van der Waals surface area contributed by atoms with Crippen molar-refractivity contribution >= 4 is 67.1 Å². The number of aryl methyl sites for hydroxylation is 1. The van der Waals surface area contributed by atoms with Gasteiger partial charge in [-0.2, -0.15) is 0 Å². The molecule has 0 atom stereocenters. The molecule has 8 heteroatoms. The van der Waals surface area contributed by atoms with E-state index in [4.69, 9.17) is 28.2 Å². The Morgan fingerprint density at radius 3 is 2.71 bits per heavy atom. The van der Waals surface area contributed by atoms with Gasteiger partial charge in [0.2, 0.25) is 5.91 Å². The largest absolute Gasteiger partial charge is 0.283 e. The number of carbonyl (C=O) groups excluding carboxylic acids is 1. The minimum absolute atomic E-state index is 0.0369. The maximum Gasteiger partial charge on any atom is 0.234 e. The SMILES string of the molecule is Cc1c(Cl)ccc2sc(N(Cc3cccnc3)C(=O)Cc3ccc(Cl)s3)nc12. The quantitative estimate of drug-likeness (QED) is 0.368. The van der Waals surface area contributed by atoms with Crippen molar-refractivity contribution in [3.8, 4) is 0 Å². The van der Waals surface area contributed by atoms with E-state index in [2.05, 4.69) is 4.98 Å². The second kappa shape index (κ2) is 8.17. The summed E-state index contributed by atoms with van der Waals surface area (Å²) in [7, 11) is 0. The summed E-state index contributed by atoms with van der Waals surface area (Å²) in [6, 6.07) is 11.3. The van der Waals surface area contributed by atoms with Crippen LogP contribution in [0.1, 0.15) is 16.0 Å². The van der Waals surface area contributed by atoms with E-state index in [0.29, 0.717) is 21.0 Å². The van der Waals surface area contributed by atoms with Gasteiger partial charge in [0.15, 0.2) is 5.13 Å². The van der Waals surface area contributed by atoms with Crippen LogP contribution in [0.25, 0.3) is 10.2 Å². The fraction of sp³-hybridized carbons (Fsp3) is 0.150. The van der Waals surface area contributed by atoms with Crippen LogP contribution < -0.4 is 4.90 Å². The fourth-order valence-corrected chi connectivity index (χ4v) is 5.10. The number of anilines is 1. The molecule has 4 nitrogen and oxygen atoms in total. The van der Waals surface area contributed by atoms with Gasteiger partial charge < -0.3 is 0 Å². The van der Waals surface area contributed by atoms with Crippen LogP contribution in [-0.2, 0) is 17.8 Å². The summed E-state index contributed by atoms with van der Waals surface area (Å²) < 4.78 is 1.67. The summed E-state index contributed by atoms with van der Waals surface area (Å²) in [4.78, 5) is 24.7. The molecular formula is C20H15Cl2N3OS2. The Labute approximate surface area is 180 Å². The van der Waals surface area contributed by atoms with E-state index < -0.39 is 0 Å². The number of nitrogens with zero attached hydrogens (tertiary/aromatic N) is 3. The van der Waals surface area contributed by atoms with E-state index >= 15 is 0 Å². The van der Waals surface area contributed by atoms with Crippen molar-refractivity contribution in [3.63, 3.8) is 0 Å². The number of amides is 1. The normalized spacial score (nSPS) is 11.1. The zero-order chi connectivity index (χ0) is 19.7. The van der Waals surface area contributed by atoms with Crippen LogP contribution >= 0.6 is 45.9 Å². The average Bonchev–Trinajstić information content (AvgIpc) is 3.30. The van der Waals surface area contributed by atoms with Crippen LogP contribution in [0.4, 0.5) is 5.13 Å². The third kappa shape index (κ3) is 4.05. The van der Waals surface area contributed by atoms with Crippen LogP contribution in [0.5, 0.6) is 0 Å². The van der Waals surface area contributed by atoms with Crippen molar-refractivity contribution in [1.29, 1.82) is 0 Å². The van der Waals surface area contributed by atoms with Crippen LogP contribution in [0.2, 0.25) is 9.36 Å². The number of pyridine rings is 1. The van der Waals surface area contributed by atoms with Crippen molar-refractivity contribution < 1.29 is 4.79 Å². The Hall–Kier alpha value is -1.99. The Balaban J connectivity index is 1.71. The molecule has 0 fully saturated rings. The maximum atomic E-state index is 13.2. The zero-order valence-electron chi connectivity index (χ0n) is 14.9. The summed E-state index contributed by atoms with van der Waals surface area (Å²) in [6.07, 6.45) is 3.75. The molecule has 0 saturated heterocycles. The van der Waals surface area contributed by atoms with Crippen LogP contribution in [0.3, 0.4) is 0 Å². The van der Waals surface area contributed by atoms with Crippen molar-refractivity contribution in [2.75, 3.05) is 4.90 Å². The van der Waals surface area contributed by atoms with Crippen molar-refractivity contribution in [3.05, 3.63) is 74.2 Å². The number of hydrogen-bond acceptors (Lipinski definition) is 5. The highest BCUT2D eigenvalue weighted by atomic mass is 35.5. The van der Waals surface area contributed by atoms with Crippen molar-refractivity contribution in [2.24, 2.45) is 0 Å². The number of halogens is 2. The first kappa shape index (κ1) is 19.3. The Morgan fingerprint density at radius 2 is 2.00 bits per heavy atom. The second-order valence-corrected chi connectivity index (χ2v) is 9.46. The van der Waals surface area contributed by atoms with E-state index in [1.165, 1.54) is 22.7 Å². The molecule has 1 aromatic carbocycles. The number of aromatic nitrogens is 2. The highest BCUT2D eigenvalue weighted by Crippen LogP contribution is 2.34. The van der Waals surface area contributed by atoms with E-state index in [1.54, 1.807) is 17.3 Å². The summed E-state index contributed by atoms with van der Waals surface area (Å²) in [6.45, 7) is 2.34. The molecule has 0 N–H and O–H groups in total. The number of thiazole rings is 1. The number of carbonyl (C=O) groups is 1. The zero-order valence-corrected chi connectivity index (χ0v) is 18.0. The smallest absolute Gasteiger partial charge is 0.234 e. The van der Waals surface area contributed by atoms with E-state index in [1.807, 2.05) is 43.3 Å². The first-order valence-electron chi connectivity index (χ1n) is 8.50. The molecule has 4 aromatic rings. The lowest BCUT2D eigenvalue weighted by Gasteiger charge is -2.19. The summed E-state index contributed by atoms with van der Waals surface area (Å²) >= 11 is 15.2. The number of hydrogen-bond donors (Lipinski definition) is 0. The molecule has 0 spiro atoms. The van der Waals surface area contributed by atoms with Gasteiger partial charge in [-0.25, -0.2) is 4.98 Å². The van der Waals surface area contributed by atoms with Crippen LogP contribution in [0.15, 0.2) is 48.8 Å². The van der Waals surface area contributed by atoms with E-state index in [-0.39, 0.29) is 12.3 Å². The monoisotopic (exact) mass is 447 g/mol. The highest BCUT2D eigenvalue weighted by molar-refractivity contribution is 7.22. The fourth-order valence-electron chi connectivity index (χ4n) is 2.83. The minimum Gasteiger partial charge on any atom is -0.283 e. The number of rotatable bonds is 5. The topological polar surface area (TPSA) is 46.1 Å². The molecule has 0 aliphatic carbocycles. The van der Waals surface area contributed by atoms with Gasteiger partial charge >= 0.3 is 0 Å². The summed E-state index contributed by atoms with van der Waals surface area (Å²) in [5.74, 6) is -0.0369. The molecule has 4 rings (SSSR count). The van der Waals surface area contributed by atoms with Gasteiger partial charge in [-0.3, -0.25) is 14.7 Å². The Kier molecular flexibility index (Phi) is 5.64. The van der Waals surface area contributed by atoms with Gasteiger partial charge in [-0.05, 0) is 48.4 Å². The predicted octanol–water partition coefficient (Wildman–Crippen LogP) is 6.14. The number of fused-ring (bicyclic) bond motifs is 1. The molecule has 3 aromatic heterocycles. The molecule has 0 saturated carbocycles. The highest BCUT2D eigenvalue weighted by Gasteiger charge is 2.22. The van der Waals surface area contributed by atoms with E-state index in [9.17, 15) is 4.79 Å². The molecule has 28 heavy (non-hydrogen) atoms. The second-order valence-electron chi connectivity index (χ2n) is 6.24. The third-order valence-electron chi connectivity index (χ3n) is 4.29. The van der Waals surface area contributed by atoms with Gasteiger partial charge in [0.05, 0.1) is 27.5 Å². The van der Waals surface area contributed by atoms with Crippen molar-refractivity contribution in [2.45, 2.75) is 19.9 Å². The van der Waals surface area contributed by atoms with E-state index in [0.717, 1.165) is 26.2 Å². The number of thiophene rings is 1.